The minimum Gasteiger partial charge on any atom is -0.351 e. The molecule has 0 spiro atoms. The number of carbonyl (C=O) groups is 1. The van der Waals surface area contributed by atoms with Gasteiger partial charge in [0.15, 0.2) is 0 Å². The molecule has 4 rings (SSSR count). The van der Waals surface area contributed by atoms with Gasteiger partial charge in [-0.1, -0.05) is 29.8 Å². The van der Waals surface area contributed by atoms with E-state index in [9.17, 15) is 13.2 Å². The first-order chi connectivity index (χ1) is 13.3. The lowest BCUT2D eigenvalue weighted by molar-refractivity contribution is 0.0693. The number of carbonyl (C=O) groups excluding carboxylic acids is 1. The van der Waals surface area contributed by atoms with Crippen molar-refractivity contribution in [2.24, 2.45) is 0 Å². The van der Waals surface area contributed by atoms with Gasteiger partial charge in [0.25, 0.3) is 5.91 Å². The summed E-state index contributed by atoms with van der Waals surface area (Å²) >= 11 is 0. The Bertz CT molecular complexity index is 1130. The zero-order chi connectivity index (χ0) is 19.9. The van der Waals surface area contributed by atoms with Crippen molar-refractivity contribution in [2.45, 2.75) is 18.7 Å². The summed E-state index contributed by atoms with van der Waals surface area (Å²) in [5.41, 5.74) is 3.62. The molecule has 3 aromatic rings. The summed E-state index contributed by atoms with van der Waals surface area (Å²) in [5.74, 6) is -0.0961. The molecule has 6 nitrogen and oxygen atoms in total. The van der Waals surface area contributed by atoms with Gasteiger partial charge >= 0.3 is 0 Å². The Morgan fingerprint density at radius 2 is 1.54 bits per heavy atom. The standard InChI is InChI=1S/C21H23N3O3S/c1-15-4-7-18(8-5-15)28(26,27)24-11-9-23(10-12-24)21(25)20-14-17-6-3-16(2)13-19(17)22-20/h3-8,13-14,22H,9-12H2,1-2H3. The molecule has 1 aromatic heterocycles. The molecular weight excluding hydrogens is 374 g/mol. The molecule has 1 N–H and O–H groups in total. The van der Waals surface area contributed by atoms with Gasteiger partial charge in [-0.15, -0.1) is 0 Å². The minimum atomic E-state index is -3.53. The van der Waals surface area contributed by atoms with Crippen LogP contribution in [0, 0.1) is 13.8 Å². The Kier molecular flexibility index (Phi) is 4.72. The Hall–Kier alpha value is -2.64. The average molecular weight is 398 g/mol. The van der Waals surface area contributed by atoms with Crippen molar-refractivity contribution in [2.75, 3.05) is 26.2 Å². The van der Waals surface area contributed by atoms with Crippen molar-refractivity contribution in [3.05, 3.63) is 65.4 Å². The molecule has 28 heavy (non-hydrogen) atoms. The van der Waals surface area contributed by atoms with Gasteiger partial charge < -0.3 is 9.88 Å². The van der Waals surface area contributed by atoms with Gasteiger partial charge in [-0.2, -0.15) is 4.31 Å². The van der Waals surface area contributed by atoms with Gasteiger partial charge in [0.05, 0.1) is 4.90 Å². The number of sulfonamides is 1. The molecule has 1 aliphatic rings. The molecule has 1 amide bonds. The summed E-state index contributed by atoms with van der Waals surface area (Å²) in [6, 6.07) is 14.7. The van der Waals surface area contributed by atoms with Crippen LogP contribution in [0.4, 0.5) is 0 Å². The molecule has 0 radical (unpaired) electrons. The van der Waals surface area contributed by atoms with E-state index in [2.05, 4.69) is 4.98 Å². The molecular formula is C21H23N3O3S. The van der Waals surface area contributed by atoms with Gasteiger partial charge in [0.1, 0.15) is 5.69 Å². The predicted molar refractivity (Wildman–Crippen MR) is 109 cm³/mol. The van der Waals surface area contributed by atoms with Gasteiger partial charge in [0, 0.05) is 37.1 Å². The van der Waals surface area contributed by atoms with Crippen LogP contribution in [0.3, 0.4) is 0 Å². The molecule has 7 heteroatoms. The van der Waals surface area contributed by atoms with Crippen molar-refractivity contribution in [3.63, 3.8) is 0 Å². The Morgan fingerprint density at radius 1 is 0.893 bits per heavy atom. The zero-order valence-corrected chi connectivity index (χ0v) is 16.8. The number of nitrogens with one attached hydrogen (secondary N) is 1. The molecule has 2 aromatic carbocycles. The van der Waals surface area contributed by atoms with Crippen LogP contribution in [0.5, 0.6) is 0 Å². The van der Waals surface area contributed by atoms with E-state index >= 15 is 0 Å². The average Bonchev–Trinajstić information content (AvgIpc) is 3.11. The molecule has 1 fully saturated rings. The maximum absolute atomic E-state index is 12.8. The second-order valence-corrected chi connectivity index (χ2v) is 9.22. The molecule has 0 saturated carbocycles. The Balaban J connectivity index is 1.47. The van der Waals surface area contributed by atoms with E-state index in [-0.39, 0.29) is 5.91 Å². The van der Waals surface area contributed by atoms with Crippen LogP contribution < -0.4 is 0 Å². The summed E-state index contributed by atoms with van der Waals surface area (Å²) in [7, 11) is -3.53. The number of hydrogen-bond donors (Lipinski definition) is 1. The van der Waals surface area contributed by atoms with Gasteiger partial charge in [0.2, 0.25) is 10.0 Å². The number of aryl methyl sites for hydroxylation is 2. The van der Waals surface area contributed by atoms with Gasteiger partial charge in [-0.3, -0.25) is 4.79 Å². The largest absolute Gasteiger partial charge is 0.351 e. The van der Waals surface area contributed by atoms with Crippen LogP contribution in [0.2, 0.25) is 0 Å². The quantitative estimate of drug-likeness (QED) is 0.738. The molecule has 1 saturated heterocycles. The highest BCUT2D eigenvalue weighted by Gasteiger charge is 2.30. The number of aromatic nitrogens is 1. The summed E-state index contributed by atoms with van der Waals surface area (Å²) in [4.78, 5) is 18.0. The van der Waals surface area contributed by atoms with E-state index in [4.69, 9.17) is 0 Å². The number of H-pyrrole nitrogens is 1. The number of piperazine rings is 1. The molecule has 0 unspecified atom stereocenters. The number of nitrogens with zero attached hydrogens (tertiary/aromatic N) is 2. The smallest absolute Gasteiger partial charge is 0.270 e. The third-order valence-electron chi connectivity index (χ3n) is 5.19. The number of rotatable bonds is 3. The van der Waals surface area contributed by atoms with Crippen LogP contribution in [0.1, 0.15) is 21.6 Å². The van der Waals surface area contributed by atoms with E-state index in [0.717, 1.165) is 22.0 Å². The Labute approximate surface area is 164 Å². The first-order valence-corrected chi connectivity index (χ1v) is 10.7. The molecule has 146 valence electrons. The van der Waals surface area contributed by atoms with E-state index in [1.807, 2.05) is 38.1 Å². The maximum atomic E-state index is 12.8. The summed E-state index contributed by atoms with van der Waals surface area (Å²) in [6.45, 7) is 5.26. The monoisotopic (exact) mass is 397 g/mol. The van der Waals surface area contributed by atoms with Crippen LogP contribution in [-0.2, 0) is 10.0 Å². The topological polar surface area (TPSA) is 73.5 Å². The molecule has 2 heterocycles. The highest BCUT2D eigenvalue weighted by atomic mass is 32.2. The van der Waals surface area contributed by atoms with E-state index in [1.165, 1.54) is 4.31 Å². The zero-order valence-electron chi connectivity index (χ0n) is 16.0. The first kappa shape index (κ1) is 18.7. The normalized spacial score (nSPS) is 15.9. The molecule has 0 aliphatic carbocycles. The predicted octanol–water partition coefficient (Wildman–Crippen LogP) is 2.93. The lowest BCUT2D eigenvalue weighted by Crippen LogP contribution is -2.50. The molecule has 0 bridgehead atoms. The number of benzene rings is 2. The second kappa shape index (κ2) is 7.07. The maximum Gasteiger partial charge on any atom is 0.270 e. The van der Waals surface area contributed by atoms with Crippen LogP contribution in [-0.4, -0.2) is 54.7 Å². The van der Waals surface area contributed by atoms with E-state index in [1.54, 1.807) is 29.2 Å². The number of amides is 1. The van der Waals surface area contributed by atoms with E-state index in [0.29, 0.717) is 36.8 Å². The lowest BCUT2D eigenvalue weighted by atomic mass is 10.2. The highest BCUT2D eigenvalue weighted by Crippen LogP contribution is 2.21. The van der Waals surface area contributed by atoms with Gasteiger partial charge in [-0.05, 0) is 43.7 Å². The number of hydrogen-bond acceptors (Lipinski definition) is 3. The van der Waals surface area contributed by atoms with Crippen molar-refractivity contribution >= 4 is 26.8 Å². The molecule has 0 atom stereocenters. The second-order valence-electron chi connectivity index (χ2n) is 7.28. The summed E-state index contributed by atoms with van der Waals surface area (Å²) in [5, 5.41) is 0.995. The van der Waals surface area contributed by atoms with Gasteiger partial charge in [-0.25, -0.2) is 8.42 Å². The van der Waals surface area contributed by atoms with Crippen LogP contribution in [0.25, 0.3) is 10.9 Å². The fraction of sp³-hybridized carbons (Fsp3) is 0.286. The third-order valence-corrected chi connectivity index (χ3v) is 7.11. The summed E-state index contributed by atoms with van der Waals surface area (Å²) < 4.78 is 27.1. The lowest BCUT2D eigenvalue weighted by Gasteiger charge is -2.33. The van der Waals surface area contributed by atoms with Crippen molar-refractivity contribution in [3.8, 4) is 0 Å². The minimum absolute atomic E-state index is 0.0961. The van der Waals surface area contributed by atoms with E-state index < -0.39 is 10.0 Å². The summed E-state index contributed by atoms with van der Waals surface area (Å²) in [6.07, 6.45) is 0. The fourth-order valence-corrected chi connectivity index (χ4v) is 4.94. The van der Waals surface area contributed by atoms with Crippen LogP contribution in [0.15, 0.2) is 53.4 Å². The number of fused-ring (bicyclic) bond motifs is 1. The SMILES string of the molecule is Cc1ccc(S(=O)(=O)N2CCN(C(=O)c3cc4ccc(C)cc4[nH]3)CC2)cc1. The third kappa shape index (κ3) is 3.43. The highest BCUT2D eigenvalue weighted by molar-refractivity contribution is 7.89. The molecule has 1 aliphatic heterocycles. The Morgan fingerprint density at radius 3 is 2.21 bits per heavy atom. The number of aromatic amines is 1. The van der Waals surface area contributed by atoms with Crippen molar-refractivity contribution < 1.29 is 13.2 Å². The first-order valence-electron chi connectivity index (χ1n) is 9.30. The van der Waals surface area contributed by atoms with Crippen LogP contribution >= 0.6 is 0 Å². The fourth-order valence-electron chi connectivity index (χ4n) is 3.52. The van der Waals surface area contributed by atoms with Crippen molar-refractivity contribution in [1.82, 2.24) is 14.2 Å². The van der Waals surface area contributed by atoms with Crippen molar-refractivity contribution in [1.29, 1.82) is 0 Å².